The van der Waals surface area contributed by atoms with Gasteiger partial charge in [0.15, 0.2) is 0 Å². The van der Waals surface area contributed by atoms with E-state index in [1.807, 2.05) is 27.7 Å². The van der Waals surface area contributed by atoms with Crippen molar-refractivity contribution in [3.63, 3.8) is 0 Å². The van der Waals surface area contributed by atoms with E-state index >= 15 is 0 Å². The Morgan fingerprint density at radius 2 is 1.66 bits per heavy atom. The molecule has 2 amide bonds. The zero-order chi connectivity index (χ0) is 21.7. The third-order valence-corrected chi connectivity index (χ3v) is 4.47. The molecule has 0 atom stereocenters. The van der Waals surface area contributed by atoms with Crippen LogP contribution in [0.5, 0.6) is 0 Å². The number of hydrogen-bond acceptors (Lipinski definition) is 3. The third kappa shape index (κ3) is 5.76. The van der Waals surface area contributed by atoms with Crippen LogP contribution in [0.1, 0.15) is 60.0 Å². The van der Waals surface area contributed by atoms with Gasteiger partial charge in [-0.05, 0) is 37.5 Å². The second kappa shape index (κ2) is 9.49. The number of nitrogens with zero attached hydrogens (tertiary/aromatic N) is 2. The van der Waals surface area contributed by atoms with Crippen molar-refractivity contribution in [2.75, 3.05) is 13.6 Å². The summed E-state index contributed by atoms with van der Waals surface area (Å²) in [7, 11) is 1.64. The van der Waals surface area contributed by atoms with E-state index in [1.54, 1.807) is 23.7 Å². The highest BCUT2D eigenvalue weighted by molar-refractivity contribution is 5.99. The molecule has 29 heavy (non-hydrogen) atoms. The Kier molecular flexibility index (Phi) is 7.31. The highest BCUT2D eigenvalue weighted by Crippen LogP contribution is 2.10. The van der Waals surface area contributed by atoms with Crippen molar-refractivity contribution < 1.29 is 14.0 Å². The van der Waals surface area contributed by atoms with E-state index in [0.29, 0.717) is 12.1 Å². The predicted octanol–water partition coefficient (Wildman–Crippen LogP) is 3.23. The molecule has 0 aliphatic heterocycles. The smallest absolute Gasteiger partial charge is 0.259 e. The molecule has 1 heterocycles. The molecule has 0 fully saturated rings. The summed E-state index contributed by atoms with van der Waals surface area (Å²) in [6.45, 7) is 8.41. The number of rotatable bonds is 7. The summed E-state index contributed by atoms with van der Waals surface area (Å²) in [4.78, 5) is 39.9. The van der Waals surface area contributed by atoms with E-state index in [-0.39, 0.29) is 35.4 Å². The molecule has 7 heteroatoms. The molecule has 0 unspecified atom stereocenters. The lowest BCUT2D eigenvalue weighted by molar-refractivity contribution is 0.0777. The van der Waals surface area contributed by atoms with E-state index in [9.17, 15) is 18.8 Å². The minimum atomic E-state index is -0.598. The van der Waals surface area contributed by atoms with E-state index < -0.39 is 17.2 Å². The largest absolute Gasteiger partial charge is 0.350 e. The van der Waals surface area contributed by atoms with E-state index in [1.165, 1.54) is 29.4 Å². The highest BCUT2D eigenvalue weighted by Gasteiger charge is 2.22. The van der Waals surface area contributed by atoms with E-state index in [2.05, 4.69) is 5.32 Å². The number of benzene rings is 1. The SMILES string of the molecule is CC(C)CN(C)C(=O)c1cn(C(C)C)cc(C(=O)NCc2ccc(F)cc2)c1=O. The predicted molar refractivity (Wildman–Crippen MR) is 110 cm³/mol. The summed E-state index contributed by atoms with van der Waals surface area (Å²) in [5, 5.41) is 2.67. The Morgan fingerprint density at radius 1 is 1.07 bits per heavy atom. The Hall–Kier alpha value is -2.96. The van der Waals surface area contributed by atoms with Gasteiger partial charge in [0.25, 0.3) is 11.8 Å². The van der Waals surface area contributed by atoms with Crippen LogP contribution < -0.4 is 10.7 Å². The molecule has 0 saturated carbocycles. The maximum Gasteiger partial charge on any atom is 0.259 e. The van der Waals surface area contributed by atoms with Crippen molar-refractivity contribution in [1.82, 2.24) is 14.8 Å². The van der Waals surface area contributed by atoms with Gasteiger partial charge in [-0.25, -0.2) is 4.39 Å². The molecule has 0 saturated heterocycles. The minimum absolute atomic E-state index is 0.0312. The zero-order valence-electron chi connectivity index (χ0n) is 17.5. The normalized spacial score (nSPS) is 11.0. The van der Waals surface area contributed by atoms with Crippen molar-refractivity contribution in [1.29, 1.82) is 0 Å². The second-order valence-electron chi connectivity index (χ2n) is 7.84. The summed E-state index contributed by atoms with van der Waals surface area (Å²) in [6, 6.07) is 5.68. The van der Waals surface area contributed by atoms with Crippen LogP contribution in [-0.2, 0) is 6.54 Å². The number of amides is 2. The number of hydrogen-bond donors (Lipinski definition) is 1. The first-order chi connectivity index (χ1) is 13.6. The summed E-state index contributed by atoms with van der Waals surface area (Å²) >= 11 is 0. The van der Waals surface area contributed by atoms with Gasteiger partial charge in [-0.15, -0.1) is 0 Å². The minimum Gasteiger partial charge on any atom is -0.350 e. The number of pyridine rings is 1. The van der Waals surface area contributed by atoms with Crippen LogP contribution in [-0.4, -0.2) is 34.9 Å². The monoisotopic (exact) mass is 401 g/mol. The van der Waals surface area contributed by atoms with E-state index in [4.69, 9.17) is 0 Å². The van der Waals surface area contributed by atoms with Crippen molar-refractivity contribution >= 4 is 11.8 Å². The number of carbonyl (C=O) groups excluding carboxylic acids is 2. The maximum atomic E-state index is 13.0. The van der Waals surface area contributed by atoms with Crippen LogP contribution in [0.2, 0.25) is 0 Å². The molecule has 0 aliphatic carbocycles. The standard InChI is InChI=1S/C22H28FN3O3/c1-14(2)11-25(5)22(29)19-13-26(15(3)4)12-18(20(19)27)21(28)24-10-16-6-8-17(23)9-7-16/h6-9,12-15H,10-11H2,1-5H3,(H,24,28). The van der Waals surface area contributed by atoms with Gasteiger partial charge in [0, 0.05) is 38.6 Å². The third-order valence-electron chi connectivity index (χ3n) is 4.47. The van der Waals surface area contributed by atoms with E-state index in [0.717, 1.165) is 0 Å². The molecule has 156 valence electrons. The second-order valence-corrected chi connectivity index (χ2v) is 7.84. The van der Waals surface area contributed by atoms with Crippen molar-refractivity contribution in [2.45, 2.75) is 40.3 Å². The molecular formula is C22H28FN3O3. The topological polar surface area (TPSA) is 71.4 Å². The van der Waals surface area contributed by atoms with Crippen LogP contribution in [0.25, 0.3) is 0 Å². The molecular weight excluding hydrogens is 373 g/mol. The Bertz CT molecular complexity index is 933. The number of halogens is 1. The van der Waals surface area contributed by atoms with Crippen LogP contribution in [0.4, 0.5) is 4.39 Å². The fraction of sp³-hybridized carbons (Fsp3) is 0.409. The van der Waals surface area contributed by atoms with Gasteiger partial charge < -0.3 is 14.8 Å². The van der Waals surface area contributed by atoms with Gasteiger partial charge in [-0.2, -0.15) is 0 Å². The molecule has 0 spiro atoms. The molecule has 1 N–H and O–H groups in total. The highest BCUT2D eigenvalue weighted by atomic mass is 19.1. The summed E-state index contributed by atoms with van der Waals surface area (Å²) in [5.41, 5.74) is -0.0205. The summed E-state index contributed by atoms with van der Waals surface area (Å²) in [5.74, 6) is -1.10. The number of nitrogens with one attached hydrogen (secondary N) is 1. The molecule has 0 radical (unpaired) electrons. The first kappa shape index (κ1) is 22.3. The maximum absolute atomic E-state index is 13.0. The molecule has 2 aromatic rings. The quantitative estimate of drug-likeness (QED) is 0.774. The molecule has 0 aliphatic rings. The lowest BCUT2D eigenvalue weighted by Gasteiger charge is -2.21. The van der Waals surface area contributed by atoms with Crippen molar-refractivity contribution in [2.24, 2.45) is 5.92 Å². The summed E-state index contributed by atoms with van der Waals surface area (Å²) < 4.78 is 14.7. The molecule has 0 bridgehead atoms. The Morgan fingerprint density at radius 3 is 2.21 bits per heavy atom. The first-order valence-corrected chi connectivity index (χ1v) is 9.64. The van der Waals surface area contributed by atoms with Crippen LogP contribution in [0.15, 0.2) is 41.5 Å². The van der Waals surface area contributed by atoms with Gasteiger partial charge in [-0.3, -0.25) is 14.4 Å². The van der Waals surface area contributed by atoms with Gasteiger partial charge in [-0.1, -0.05) is 26.0 Å². The van der Waals surface area contributed by atoms with Gasteiger partial charge >= 0.3 is 0 Å². The van der Waals surface area contributed by atoms with Gasteiger partial charge in [0.1, 0.15) is 16.9 Å². The van der Waals surface area contributed by atoms with Gasteiger partial charge in [0.2, 0.25) is 5.43 Å². The van der Waals surface area contributed by atoms with Gasteiger partial charge in [0.05, 0.1) is 0 Å². The molecule has 1 aromatic heterocycles. The lowest BCUT2D eigenvalue weighted by Crippen LogP contribution is -2.37. The zero-order valence-corrected chi connectivity index (χ0v) is 17.5. The fourth-order valence-corrected chi connectivity index (χ4v) is 2.93. The molecule has 2 rings (SSSR count). The number of aromatic nitrogens is 1. The molecule has 6 nitrogen and oxygen atoms in total. The van der Waals surface area contributed by atoms with Crippen molar-refractivity contribution in [3.05, 3.63) is 69.4 Å². The Labute approximate surface area is 170 Å². The molecule has 1 aromatic carbocycles. The average molecular weight is 401 g/mol. The first-order valence-electron chi connectivity index (χ1n) is 9.64. The Balaban J connectivity index is 2.33. The van der Waals surface area contributed by atoms with Crippen LogP contribution in [0, 0.1) is 11.7 Å². The van der Waals surface area contributed by atoms with Crippen LogP contribution >= 0.6 is 0 Å². The van der Waals surface area contributed by atoms with Crippen molar-refractivity contribution in [3.8, 4) is 0 Å². The average Bonchev–Trinajstić information content (AvgIpc) is 2.66. The fourth-order valence-electron chi connectivity index (χ4n) is 2.93. The van der Waals surface area contributed by atoms with Crippen LogP contribution in [0.3, 0.4) is 0 Å². The lowest BCUT2D eigenvalue weighted by atomic mass is 10.1. The summed E-state index contributed by atoms with van der Waals surface area (Å²) in [6.07, 6.45) is 2.97. The number of carbonyl (C=O) groups is 2.